The van der Waals surface area contributed by atoms with Gasteiger partial charge in [-0.05, 0) is 37.5 Å². The molecule has 0 bridgehead atoms. The van der Waals surface area contributed by atoms with E-state index in [1.54, 1.807) is 0 Å². The predicted molar refractivity (Wildman–Crippen MR) is 96.9 cm³/mol. The van der Waals surface area contributed by atoms with E-state index in [9.17, 15) is 0 Å². The van der Waals surface area contributed by atoms with Gasteiger partial charge in [-0.3, -0.25) is 0 Å². The number of aromatic nitrogens is 1. The van der Waals surface area contributed by atoms with E-state index < -0.39 is 0 Å². The van der Waals surface area contributed by atoms with Gasteiger partial charge < -0.3 is 4.57 Å². The van der Waals surface area contributed by atoms with E-state index in [0.717, 1.165) is 13.0 Å². The second kappa shape index (κ2) is 6.23. The lowest BCUT2D eigenvalue weighted by Crippen LogP contribution is -2.31. The minimum atomic E-state index is 0.536. The molecule has 1 atom stereocenters. The predicted octanol–water partition coefficient (Wildman–Crippen LogP) is 3.83. The quantitative estimate of drug-likeness (QED) is 0.742. The molecule has 1 aromatic rings. The summed E-state index contributed by atoms with van der Waals surface area (Å²) in [4.78, 5) is 0. The average Bonchev–Trinajstić information content (AvgIpc) is 2.84. The molecule has 1 aromatic heterocycles. The second-order valence-corrected chi connectivity index (χ2v) is 5.75. The van der Waals surface area contributed by atoms with Crippen LogP contribution < -0.4 is 10.6 Å². The Morgan fingerprint density at radius 2 is 2.27 bits per heavy atom. The molecule has 22 heavy (non-hydrogen) atoms. The molecule has 0 amide bonds. The minimum Gasteiger partial charge on any atom is -0.337 e. The van der Waals surface area contributed by atoms with Crippen molar-refractivity contribution in [2.75, 3.05) is 0 Å². The van der Waals surface area contributed by atoms with Gasteiger partial charge in [-0.2, -0.15) is 0 Å². The highest BCUT2D eigenvalue weighted by molar-refractivity contribution is 5.62. The average molecular weight is 289 g/mol. The summed E-state index contributed by atoms with van der Waals surface area (Å²) in [7, 11) is 0. The summed E-state index contributed by atoms with van der Waals surface area (Å²) >= 11 is 0. The van der Waals surface area contributed by atoms with E-state index in [1.807, 2.05) is 6.08 Å². The fraction of sp³-hybridized carbons (Fsp3) is 0.238. The molecule has 2 aliphatic rings. The van der Waals surface area contributed by atoms with Gasteiger partial charge in [0, 0.05) is 28.7 Å². The topological polar surface area (TPSA) is 4.93 Å². The van der Waals surface area contributed by atoms with E-state index in [0.29, 0.717) is 5.92 Å². The summed E-state index contributed by atoms with van der Waals surface area (Å²) in [5.74, 6) is 0.536. The van der Waals surface area contributed by atoms with Crippen LogP contribution in [-0.4, -0.2) is 4.57 Å². The Hall–Kier alpha value is -2.28. The molecule has 0 fully saturated rings. The molecule has 0 aromatic carbocycles. The van der Waals surface area contributed by atoms with Gasteiger partial charge in [0.15, 0.2) is 0 Å². The number of hydrogen-bond donors (Lipinski definition) is 0. The van der Waals surface area contributed by atoms with Crippen molar-refractivity contribution in [2.24, 2.45) is 0 Å². The molecule has 0 radical (unpaired) electrons. The van der Waals surface area contributed by atoms with Crippen molar-refractivity contribution in [3.8, 4) is 0 Å². The van der Waals surface area contributed by atoms with Gasteiger partial charge in [0.1, 0.15) is 0 Å². The molecule has 1 nitrogen and oxygen atoms in total. The van der Waals surface area contributed by atoms with E-state index >= 15 is 0 Å². The molecule has 1 unspecified atom stereocenters. The largest absolute Gasteiger partial charge is 0.337 e. The van der Waals surface area contributed by atoms with Crippen molar-refractivity contribution in [1.29, 1.82) is 0 Å². The Labute approximate surface area is 132 Å². The number of nitrogens with zero attached hydrogens (tertiary/aromatic N) is 1. The van der Waals surface area contributed by atoms with Gasteiger partial charge in [0.25, 0.3) is 0 Å². The van der Waals surface area contributed by atoms with Crippen LogP contribution in [-0.2, 0) is 6.54 Å². The first-order chi connectivity index (χ1) is 10.8. The Kier molecular flexibility index (Phi) is 4.15. The molecule has 112 valence electrons. The van der Waals surface area contributed by atoms with Gasteiger partial charge in [0.2, 0.25) is 0 Å². The van der Waals surface area contributed by atoms with Crippen LogP contribution in [0.25, 0.3) is 18.2 Å². The monoisotopic (exact) mass is 289 g/mol. The Bertz CT molecular complexity index is 822. The Balaban J connectivity index is 2.21. The normalized spacial score (nSPS) is 20.4. The van der Waals surface area contributed by atoms with Crippen LogP contribution >= 0.6 is 0 Å². The van der Waals surface area contributed by atoms with Crippen molar-refractivity contribution in [3.63, 3.8) is 0 Å². The summed E-state index contributed by atoms with van der Waals surface area (Å²) in [6, 6.07) is 0. The van der Waals surface area contributed by atoms with Gasteiger partial charge in [-0.15, -0.1) is 0 Å². The lowest BCUT2D eigenvalue weighted by Gasteiger charge is -2.19. The van der Waals surface area contributed by atoms with E-state index in [4.69, 9.17) is 0 Å². The molecule has 0 N–H and O–H groups in total. The van der Waals surface area contributed by atoms with Crippen LogP contribution in [0.15, 0.2) is 54.7 Å². The van der Waals surface area contributed by atoms with Crippen molar-refractivity contribution in [1.82, 2.24) is 4.57 Å². The zero-order valence-corrected chi connectivity index (χ0v) is 13.4. The molecule has 1 heterocycles. The van der Waals surface area contributed by atoms with Crippen molar-refractivity contribution in [3.05, 3.63) is 76.5 Å². The highest BCUT2D eigenvalue weighted by atomic mass is 15.0. The maximum Gasteiger partial charge on any atom is 0.0481 e. The van der Waals surface area contributed by atoms with Crippen LogP contribution in [0.5, 0.6) is 0 Å². The molecule has 2 aliphatic carbocycles. The summed E-state index contributed by atoms with van der Waals surface area (Å²) in [5, 5.41) is 2.72. The zero-order chi connectivity index (χ0) is 15.5. The maximum absolute atomic E-state index is 3.84. The fourth-order valence-electron chi connectivity index (χ4n) is 3.54. The van der Waals surface area contributed by atoms with Crippen LogP contribution in [0, 0.1) is 0 Å². The van der Waals surface area contributed by atoms with Crippen molar-refractivity contribution >= 4 is 18.2 Å². The van der Waals surface area contributed by atoms with E-state index in [-0.39, 0.29) is 0 Å². The third kappa shape index (κ3) is 2.37. The first kappa shape index (κ1) is 14.6. The Morgan fingerprint density at radius 1 is 1.41 bits per heavy atom. The van der Waals surface area contributed by atoms with Crippen LogP contribution in [0.1, 0.15) is 37.4 Å². The van der Waals surface area contributed by atoms with Gasteiger partial charge in [0.05, 0.1) is 0 Å². The molecule has 0 saturated heterocycles. The molecule has 0 aliphatic heterocycles. The van der Waals surface area contributed by atoms with Crippen molar-refractivity contribution < 1.29 is 0 Å². The van der Waals surface area contributed by atoms with Gasteiger partial charge in [-0.25, -0.2) is 0 Å². The zero-order valence-electron chi connectivity index (χ0n) is 13.4. The first-order valence-corrected chi connectivity index (χ1v) is 7.98. The summed E-state index contributed by atoms with van der Waals surface area (Å²) in [6.45, 7) is 8.91. The van der Waals surface area contributed by atoms with Crippen LogP contribution in [0.2, 0.25) is 0 Å². The molecular weight excluding hydrogens is 266 g/mol. The smallest absolute Gasteiger partial charge is 0.0481 e. The highest BCUT2D eigenvalue weighted by Crippen LogP contribution is 2.29. The highest BCUT2D eigenvalue weighted by Gasteiger charge is 2.23. The molecule has 3 rings (SSSR count). The van der Waals surface area contributed by atoms with Crippen LogP contribution in [0.3, 0.4) is 0 Å². The van der Waals surface area contributed by atoms with Gasteiger partial charge in [-0.1, -0.05) is 61.3 Å². The molecular formula is C21H23N. The van der Waals surface area contributed by atoms with Crippen molar-refractivity contribution in [2.45, 2.75) is 32.7 Å². The SMILES string of the molecule is C=C/C=C(\C=C/C)Cn1c2c3c(/c1=C/C)=CC=CC3CC=C2. The third-order valence-corrected chi connectivity index (χ3v) is 4.39. The first-order valence-electron chi connectivity index (χ1n) is 7.98. The van der Waals surface area contributed by atoms with E-state index in [1.165, 1.54) is 27.4 Å². The number of allylic oxidation sites excluding steroid dienone is 8. The summed E-state index contributed by atoms with van der Waals surface area (Å²) in [6.07, 6.45) is 22.9. The van der Waals surface area contributed by atoms with Crippen LogP contribution in [0.4, 0.5) is 0 Å². The number of rotatable bonds is 4. The molecule has 0 spiro atoms. The summed E-state index contributed by atoms with van der Waals surface area (Å²) in [5.41, 5.74) is 4.13. The summed E-state index contributed by atoms with van der Waals surface area (Å²) < 4.78 is 2.44. The standard InChI is InChI=1S/C21H23N/c1-4-9-16(10-5-2)15-22-19(6-3)18-13-7-11-17-12-8-14-20(22)21(17)18/h4-11,13-14,17H,1,12,15H2,2-3H3/b10-5-,16-9+,19-6-. The molecule has 0 saturated carbocycles. The minimum absolute atomic E-state index is 0.536. The molecule has 1 heteroatoms. The lowest BCUT2D eigenvalue weighted by molar-refractivity contribution is 0.754. The Morgan fingerprint density at radius 3 is 3.00 bits per heavy atom. The van der Waals surface area contributed by atoms with Gasteiger partial charge >= 0.3 is 0 Å². The van der Waals surface area contributed by atoms with E-state index in [2.05, 4.69) is 79.7 Å². The number of hydrogen-bond acceptors (Lipinski definition) is 0. The lowest BCUT2D eigenvalue weighted by atomic mass is 9.87. The maximum atomic E-state index is 3.84. The second-order valence-electron chi connectivity index (χ2n) is 5.75. The third-order valence-electron chi connectivity index (χ3n) is 4.39. The fourth-order valence-corrected chi connectivity index (χ4v) is 3.54.